The van der Waals surface area contributed by atoms with Gasteiger partial charge in [0.2, 0.25) is 0 Å². The first-order chi connectivity index (χ1) is 14.8. The molecule has 3 rings (SSSR count). The largest absolute Gasteiger partial charge is 0.302 e. The van der Waals surface area contributed by atoms with Crippen molar-refractivity contribution >= 4 is 35.5 Å². The summed E-state index contributed by atoms with van der Waals surface area (Å²) in [6.45, 7) is 9.32. The van der Waals surface area contributed by atoms with Crippen LogP contribution in [0.1, 0.15) is 38.8 Å². The van der Waals surface area contributed by atoms with E-state index >= 15 is 0 Å². The third-order valence-corrected chi connectivity index (χ3v) is 5.87. The predicted octanol–water partition coefficient (Wildman–Crippen LogP) is 5.16. The van der Waals surface area contributed by atoms with Gasteiger partial charge in [-0.25, -0.2) is 5.43 Å². The van der Waals surface area contributed by atoms with Crippen LogP contribution in [-0.2, 0) is 16.8 Å². The molecular formula is C23H26ClN5OS. The maximum absolute atomic E-state index is 12.1. The van der Waals surface area contributed by atoms with Gasteiger partial charge in [-0.1, -0.05) is 80.5 Å². The molecule has 0 saturated carbocycles. The summed E-state index contributed by atoms with van der Waals surface area (Å²) in [5.41, 5.74) is 5.76. The maximum atomic E-state index is 12.1. The Morgan fingerprint density at radius 3 is 2.42 bits per heavy atom. The van der Waals surface area contributed by atoms with Crippen LogP contribution in [0.15, 0.2) is 58.8 Å². The van der Waals surface area contributed by atoms with Gasteiger partial charge in [0.25, 0.3) is 5.91 Å². The van der Waals surface area contributed by atoms with Crippen LogP contribution < -0.4 is 5.43 Å². The minimum atomic E-state index is -0.211. The number of rotatable bonds is 7. The molecule has 0 radical (unpaired) electrons. The van der Waals surface area contributed by atoms with E-state index in [2.05, 4.69) is 65.8 Å². The number of nitrogens with zero attached hydrogens (tertiary/aromatic N) is 4. The van der Waals surface area contributed by atoms with Gasteiger partial charge in [0.15, 0.2) is 11.0 Å². The highest BCUT2D eigenvalue weighted by Crippen LogP contribution is 2.27. The standard InChI is InChI=1S/C23H26ClN5OS/c1-5-29-21(17-8-10-18(11-9-17)23(2,3)4)27-28-22(29)31-15-20(30)26-25-14-16-6-12-19(24)13-7-16/h6-14H,5,15H2,1-4H3,(H,26,30). The topological polar surface area (TPSA) is 72.2 Å². The van der Waals surface area contributed by atoms with Crippen molar-refractivity contribution in [3.8, 4) is 11.4 Å². The van der Waals surface area contributed by atoms with E-state index in [-0.39, 0.29) is 17.1 Å². The molecule has 0 unspecified atom stereocenters. The number of hydrogen-bond donors (Lipinski definition) is 1. The smallest absolute Gasteiger partial charge is 0.250 e. The SMILES string of the molecule is CCn1c(SCC(=O)NN=Cc2ccc(Cl)cc2)nnc1-c1ccc(C(C)(C)C)cc1. The summed E-state index contributed by atoms with van der Waals surface area (Å²) in [4.78, 5) is 12.1. The fraction of sp³-hybridized carbons (Fsp3) is 0.304. The molecule has 0 aliphatic heterocycles. The van der Waals surface area contributed by atoms with Crippen molar-refractivity contribution in [2.24, 2.45) is 5.10 Å². The number of carbonyl (C=O) groups is 1. The van der Waals surface area contributed by atoms with Crippen LogP contribution in [-0.4, -0.2) is 32.6 Å². The zero-order chi connectivity index (χ0) is 22.4. The third-order valence-electron chi connectivity index (χ3n) is 4.65. The molecule has 1 amide bonds. The molecule has 6 nitrogen and oxygen atoms in total. The number of hydrazone groups is 1. The molecule has 0 aliphatic carbocycles. The number of benzene rings is 2. The molecule has 3 aromatic rings. The van der Waals surface area contributed by atoms with E-state index < -0.39 is 0 Å². The number of aromatic nitrogens is 3. The molecule has 1 heterocycles. The van der Waals surface area contributed by atoms with Crippen molar-refractivity contribution in [3.05, 3.63) is 64.7 Å². The van der Waals surface area contributed by atoms with E-state index in [0.29, 0.717) is 16.7 Å². The lowest BCUT2D eigenvalue weighted by molar-refractivity contribution is -0.118. The molecule has 1 aromatic heterocycles. The predicted molar refractivity (Wildman–Crippen MR) is 128 cm³/mol. The quantitative estimate of drug-likeness (QED) is 0.303. The van der Waals surface area contributed by atoms with Crippen LogP contribution >= 0.6 is 23.4 Å². The molecule has 0 bridgehead atoms. The van der Waals surface area contributed by atoms with Gasteiger partial charge in [-0.05, 0) is 35.6 Å². The van der Waals surface area contributed by atoms with E-state index in [1.807, 2.05) is 23.6 Å². The summed E-state index contributed by atoms with van der Waals surface area (Å²) in [5.74, 6) is 0.780. The number of nitrogens with one attached hydrogen (secondary N) is 1. The minimum absolute atomic E-state index is 0.0986. The van der Waals surface area contributed by atoms with Crippen molar-refractivity contribution < 1.29 is 4.79 Å². The second kappa shape index (κ2) is 10.1. The van der Waals surface area contributed by atoms with Crippen LogP contribution in [0, 0.1) is 0 Å². The van der Waals surface area contributed by atoms with Crippen LogP contribution in [0.25, 0.3) is 11.4 Å². The van der Waals surface area contributed by atoms with Crippen LogP contribution in [0.3, 0.4) is 0 Å². The first-order valence-electron chi connectivity index (χ1n) is 10.0. The molecule has 0 saturated heterocycles. The zero-order valence-corrected chi connectivity index (χ0v) is 19.7. The summed E-state index contributed by atoms with van der Waals surface area (Å²) in [5, 5.41) is 14.0. The Bertz CT molecular complexity index is 1050. The fourth-order valence-corrected chi connectivity index (χ4v) is 3.82. The molecule has 0 spiro atoms. The molecule has 31 heavy (non-hydrogen) atoms. The second-order valence-electron chi connectivity index (χ2n) is 8.01. The Hall–Kier alpha value is -2.64. The van der Waals surface area contributed by atoms with Crippen molar-refractivity contribution in [3.63, 3.8) is 0 Å². The monoisotopic (exact) mass is 455 g/mol. The van der Waals surface area contributed by atoms with Crippen molar-refractivity contribution in [1.29, 1.82) is 0 Å². The van der Waals surface area contributed by atoms with E-state index in [9.17, 15) is 4.79 Å². The molecule has 2 aromatic carbocycles. The fourth-order valence-electron chi connectivity index (χ4n) is 2.90. The average Bonchev–Trinajstić information content (AvgIpc) is 3.16. The Morgan fingerprint density at radius 2 is 1.81 bits per heavy atom. The van der Waals surface area contributed by atoms with Gasteiger partial charge in [0.05, 0.1) is 12.0 Å². The van der Waals surface area contributed by atoms with E-state index in [0.717, 1.165) is 17.0 Å². The summed E-state index contributed by atoms with van der Waals surface area (Å²) >= 11 is 7.19. The summed E-state index contributed by atoms with van der Waals surface area (Å²) < 4.78 is 2.01. The Kier molecular flexibility index (Phi) is 7.51. The van der Waals surface area contributed by atoms with Gasteiger partial charge in [0.1, 0.15) is 0 Å². The Balaban J connectivity index is 1.61. The van der Waals surface area contributed by atoms with E-state index in [1.54, 1.807) is 18.3 Å². The maximum Gasteiger partial charge on any atom is 0.250 e. The summed E-state index contributed by atoms with van der Waals surface area (Å²) in [7, 11) is 0. The van der Waals surface area contributed by atoms with Gasteiger partial charge in [-0.15, -0.1) is 10.2 Å². The van der Waals surface area contributed by atoms with Gasteiger partial charge >= 0.3 is 0 Å². The molecule has 8 heteroatoms. The highest BCUT2D eigenvalue weighted by molar-refractivity contribution is 7.99. The van der Waals surface area contributed by atoms with Crippen LogP contribution in [0.5, 0.6) is 0 Å². The number of hydrogen-bond acceptors (Lipinski definition) is 5. The van der Waals surface area contributed by atoms with Crippen molar-refractivity contribution in [2.75, 3.05) is 5.75 Å². The van der Waals surface area contributed by atoms with Crippen LogP contribution in [0.4, 0.5) is 0 Å². The van der Waals surface area contributed by atoms with Crippen molar-refractivity contribution in [2.45, 2.75) is 44.8 Å². The molecule has 162 valence electrons. The molecular weight excluding hydrogens is 430 g/mol. The lowest BCUT2D eigenvalue weighted by Crippen LogP contribution is -2.20. The summed E-state index contributed by atoms with van der Waals surface area (Å²) in [6, 6.07) is 15.6. The lowest BCUT2D eigenvalue weighted by atomic mass is 9.87. The first kappa shape index (κ1) is 23.0. The number of thioether (sulfide) groups is 1. The average molecular weight is 456 g/mol. The third kappa shape index (κ3) is 6.18. The Labute approximate surface area is 192 Å². The van der Waals surface area contributed by atoms with Crippen molar-refractivity contribution in [1.82, 2.24) is 20.2 Å². The highest BCUT2D eigenvalue weighted by Gasteiger charge is 2.17. The number of amides is 1. The molecule has 0 fully saturated rings. The number of carbonyl (C=O) groups excluding carboxylic acids is 1. The van der Waals surface area contributed by atoms with E-state index in [1.165, 1.54) is 17.3 Å². The summed E-state index contributed by atoms with van der Waals surface area (Å²) in [6.07, 6.45) is 1.58. The zero-order valence-electron chi connectivity index (χ0n) is 18.1. The van der Waals surface area contributed by atoms with Crippen LogP contribution in [0.2, 0.25) is 5.02 Å². The molecule has 0 aliphatic rings. The normalized spacial score (nSPS) is 11.8. The molecule has 0 atom stereocenters. The highest BCUT2D eigenvalue weighted by atomic mass is 35.5. The molecule has 1 N–H and O–H groups in total. The Morgan fingerprint density at radius 1 is 1.13 bits per heavy atom. The van der Waals surface area contributed by atoms with Gasteiger partial charge in [0, 0.05) is 17.1 Å². The number of halogens is 1. The van der Waals surface area contributed by atoms with Gasteiger partial charge in [-0.3, -0.25) is 4.79 Å². The van der Waals surface area contributed by atoms with Gasteiger partial charge < -0.3 is 4.57 Å². The minimum Gasteiger partial charge on any atom is -0.302 e. The van der Waals surface area contributed by atoms with Gasteiger partial charge in [-0.2, -0.15) is 5.10 Å². The second-order valence-corrected chi connectivity index (χ2v) is 9.39. The lowest BCUT2D eigenvalue weighted by Gasteiger charge is -2.19. The van der Waals surface area contributed by atoms with E-state index in [4.69, 9.17) is 11.6 Å². The first-order valence-corrected chi connectivity index (χ1v) is 11.4.